The van der Waals surface area contributed by atoms with Crippen LogP contribution in [0, 0.1) is 11.3 Å². The molecule has 148 valence electrons. The second-order valence-corrected chi connectivity index (χ2v) is 7.87. The summed E-state index contributed by atoms with van der Waals surface area (Å²) in [5.74, 6) is -0.303. The van der Waals surface area contributed by atoms with Crippen molar-refractivity contribution < 1.29 is 19.1 Å². The Morgan fingerprint density at radius 1 is 0.786 bits per heavy atom. The van der Waals surface area contributed by atoms with Gasteiger partial charge in [-0.2, -0.15) is 0 Å². The van der Waals surface area contributed by atoms with Crippen molar-refractivity contribution in [2.24, 2.45) is 11.3 Å². The SMILES string of the molecule is CC(COC(=O)c1ccccc1)(COC(=O)c1ccccc1)C1CCCCC1. The lowest BCUT2D eigenvalue weighted by Gasteiger charge is -2.38. The van der Waals surface area contributed by atoms with Crippen LogP contribution < -0.4 is 0 Å². The highest BCUT2D eigenvalue weighted by Gasteiger charge is 2.38. The monoisotopic (exact) mass is 380 g/mol. The van der Waals surface area contributed by atoms with Crippen molar-refractivity contribution >= 4 is 11.9 Å². The zero-order chi connectivity index (χ0) is 19.8. The number of carbonyl (C=O) groups excluding carboxylic acids is 2. The normalized spacial score (nSPS) is 15.0. The van der Waals surface area contributed by atoms with Gasteiger partial charge in [0.05, 0.1) is 11.1 Å². The third-order valence-electron chi connectivity index (χ3n) is 5.68. The quantitative estimate of drug-likeness (QED) is 0.613. The summed E-state index contributed by atoms with van der Waals surface area (Å²) >= 11 is 0. The average Bonchev–Trinajstić information content (AvgIpc) is 2.77. The first-order chi connectivity index (χ1) is 13.6. The van der Waals surface area contributed by atoms with E-state index in [1.54, 1.807) is 24.3 Å². The minimum absolute atomic E-state index is 0.244. The van der Waals surface area contributed by atoms with Crippen LogP contribution in [0.2, 0.25) is 0 Å². The first-order valence-corrected chi connectivity index (χ1v) is 10.0. The number of hydrogen-bond acceptors (Lipinski definition) is 4. The number of carbonyl (C=O) groups is 2. The lowest BCUT2D eigenvalue weighted by atomic mass is 9.70. The van der Waals surface area contributed by atoms with E-state index in [2.05, 4.69) is 6.92 Å². The zero-order valence-corrected chi connectivity index (χ0v) is 16.4. The molecule has 2 aromatic carbocycles. The van der Waals surface area contributed by atoms with E-state index in [1.807, 2.05) is 36.4 Å². The van der Waals surface area contributed by atoms with Crippen LogP contribution in [0.25, 0.3) is 0 Å². The molecule has 1 aliphatic rings. The van der Waals surface area contributed by atoms with Gasteiger partial charge in [0.2, 0.25) is 0 Å². The Hall–Kier alpha value is -2.62. The highest BCUT2D eigenvalue weighted by molar-refractivity contribution is 5.89. The molecule has 0 aliphatic heterocycles. The van der Waals surface area contributed by atoms with E-state index in [0.29, 0.717) is 17.0 Å². The Morgan fingerprint density at radius 3 is 1.64 bits per heavy atom. The molecule has 0 atom stereocenters. The lowest BCUT2D eigenvalue weighted by molar-refractivity contribution is -0.0297. The summed E-state index contributed by atoms with van der Waals surface area (Å²) in [7, 11) is 0. The number of esters is 2. The van der Waals surface area contributed by atoms with E-state index in [1.165, 1.54) is 19.3 Å². The third-order valence-corrected chi connectivity index (χ3v) is 5.68. The second-order valence-electron chi connectivity index (χ2n) is 7.87. The fourth-order valence-corrected chi connectivity index (χ4v) is 3.85. The Morgan fingerprint density at radius 2 is 1.21 bits per heavy atom. The zero-order valence-electron chi connectivity index (χ0n) is 16.4. The first kappa shape index (κ1) is 20.1. The molecule has 0 unspecified atom stereocenters. The second kappa shape index (κ2) is 9.54. The molecule has 1 saturated carbocycles. The van der Waals surface area contributed by atoms with Crippen LogP contribution in [0.5, 0.6) is 0 Å². The molecule has 0 saturated heterocycles. The van der Waals surface area contributed by atoms with Gasteiger partial charge in [-0.15, -0.1) is 0 Å². The lowest BCUT2D eigenvalue weighted by Crippen LogP contribution is -2.39. The van der Waals surface area contributed by atoms with Crippen LogP contribution in [-0.4, -0.2) is 25.2 Å². The fraction of sp³-hybridized carbons (Fsp3) is 0.417. The number of hydrogen-bond donors (Lipinski definition) is 0. The van der Waals surface area contributed by atoms with Crippen molar-refractivity contribution in [2.45, 2.75) is 39.0 Å². The van der Waals surface area contributed by atoms with Crippen LogP contribution in [0.1, 0.15) is 59.7 Å². The van der Waals surface area contributed by atoms with E-state index in [-0.39, 0.29) is 25.2 Å². The molecule has 0 radical (unpaired) electrons. The summed E-state index contributed by atoms with van der Waals surface area (Å²) in [5, 5.41) is 0. The van der Waals surface area contributed by atoms with E-state index in [0.717, 1.165) is 12.8 Å². The van der Waals surface area contributed by atoms with Gasteiger partial charge in [0.1, 0.15) is 13.2 Å². The van der Waals surface area contributed by atoms with Crippen LogP contribution in [0.15, 0.2) is 60.7 Å². The summed E-state index contributed by atoms with van der Waals surface area (Å²) < 4.78 is 11.3. The molecule has 1 aliphatic carbocycles. The number of ether oxygens (including phenoxy) is 2. The molecule has 0 amide bonds. The van der Waals surface area contributed by atoms with Crippen LogP contribution in [0.3, 0.4) is 0 Å². The average molecular weight is 380 g/mol. The molecule has 0 heterocycles. The van der Waals surface area contributed by atoms with Gasteiger partial charge in [0.15, 0.2) is 0 Å². The fourth-order valence-electron chi connectivity index (χ4n) is 3.85. The van der Waals surface area contributed by atoms with E-state index >= 15 is 0 Å². The summed E-state index contributed by atoms with van der Waals surface area (Å²) in [6.45, 7) is 2.56. The van der Waals surface area contributed by atoms with E-state index < -0.39 is 5.41 Å². The molecule has 2 aromatic rings. The summed E-state index contributed by atoms with van der Waals surface area (Å²) in [6, 6.07) is 18.0. The molecule has 0 N–H and O–H groups in total. The predicted octanol–water partition coefficient (Wildman–Crippen LogP) is 5.29. The largest absolute Gasteiger partial charge is 0.461 e. The molecule has 0 spiro atoms. The van der Waals surface area contributed by atoms with Crippen molar-refractivity contribution in [1.82, 2.24) is 0 Å². The molecule has 4 nitrogen and oxygen atoms in total. The van der Waals surface area contributed by atoms with Gasteiger partial charge in [-0.3, -0.25) is 0 Å². The van der Waals surface area contributed by atoms with E-state index in [4.69, 9.17) is 9.47 Å². The van der Waals surface area contributed by atoms with E-state index in [9.17, 15) is 9.59 Å². The predicted molar refractivity (Wildman–Crippen MR) is 108 cm³/mol. The third kappa shape index (κ3) is 5.22. The molecule has 0 bridgehead atoms. The van der Waals surface area contributed by atoms with Gasteiger partial charge in [0, 0.05) is 5.41 Å². The smallest absolute Gasteiger partial charge is 0.338 e. The van der Waals surface area contributed by atoms with Gasteiger partial charge in [-0.1, -0.05) is 62.6 Å². The maximum absolute atomic E-state index is 12.4. The summed E-state index contributed by atoms with van der Waals surface area (Å²) in [4.78, 5) is 24.8. The maximum Gasteiger partial charge on any atom is 0.338 e. The van der Waals surface area contributed by atoms with Gasteiger partial charge < -0.3 is 9.47 Å². The highest BCUT2D eigenvalue weighted by atomic mass is 16.5. The Kier molecular flexibility index (Phi) is 6.85. The molecule has 3 rings (SSSR count). The summed E-state index contributed by atoms with van der Waals surface area (Å²) in [5.41, 5.74) is 0.680. The minimum Gasteiger partial charge on any atom is -0.461 e. The van der Waals surface area contributed by atoms with Crippen molar-refractivity contribution in [2.75, 3.05) is 13.2 Å². The standard InChI is InChI=1S/C24H28O4/c1-24(21-15-9-4-10-16-21,17-27-22(25)19-11-5-2-6-12-19)18-28-23(26)20-13-7-3-8-14-20/h2-3,5-8,11-14,21H,4,9-10,15-18H2,1H3. The highest BCUT2D eigenvalue weighted by Crippen LogP contribution is 2.39. The number of rotatable bonds is 7. The molecule has 1 fully saturated rings. The Bertz CT molecular complexity index is 708. The van der Waals surface area contributed by atoms with Gasteiger partial charge in [-0.05, 0) is 43.0 Å². The molecule has 28 heavy (non-hydrogen) atoms. The Labute approximate surface area is 166 Å². The summed E-state index contributed by atoms with van der Waals surface area (Å²) in [6.07, 6.45) is 5.71. The van der Waals surface area contributed by atoms with Crippen molar-refractivity contribution in [3.8, 4) is 0 Å². The maximum atomic E-state index is 12.4. The van der Waals surface area contributed by atoms with Crippen molar-refractivity contribution in [3.63, 3.8) is 0 Å². The van der Waals surface area contributed by atoms with Crippen molar-refractivity contribution in [3.05, 3.63) is 71.8 Å². The van der Waals surface area contributed by atoms with Gasteiger partial charge >= 0.3 is 11.9 Å². The molecular weight excluding hydrogens is 352 g/mol. The minimum atomic E-state index is -0.394. The number of benzene rings is 2. The van der Waals surface area contributed by atoms with Gasteiger partial charge in [0.25, 0.3) is 0 Å². The topological polar surface area (TPSA) is 52.6 Å². The Balaban J connectivity index is 1.66. The van der Waals surface area contributed by atoms with Gasteiger partial charge in [-0.25, -0.2) is 9.59 Å². The first-order valence-electron chi connectivity index (χ1n) is 10.0. The van der Waals surface area contributed by atoms with Crippen LogP contribution in [0.4, 0.5) is 0 Å². The molecular formula is C24H28O4. The molecule has 0 aromatic heterocycles. The van der Waals surface area contributed by atoms with Crippen LogP contribution in [-0.2, 0) is 9.47 Å². The molecule has 4 heteroatoms. The van der Waals surface area contributed by atoms with Crippen LogP contribution >= 0.6 is 0 Å². The van der Waals surface area contributed by atoms with Crippen molar-refractivity contribution in [1.29, 1.82) is 0 Å².